The van der Waals surface area contributed by atoms with E-state index in [1.807, 2.05) is 6.07 Å². The number of aromatic nitrogens is 1. The lowest BCUT2D eigenvalue weighted by atomic mass is 9.90. The zero-order chi connectivity index (χ0) is 14.2. The van der Waals surface area contributed by atoms with Gasteiger partial charge < -0.3 is 5.73 Å². The average Bonchev–Trinajstić information content (AvgIpc) is 2.85. The third-order valence-electron chi connectivity index (χ3n) is 4.32. The Kier molecular flexibility index (Phi) is 4.81. The standard InChI is InChI=1S/C16H20FN3.ClH/c1-16(10-18)6-8-20(11-16)9-12-4-5-14(17)13-3-2-7-19-15(12)13;/h2-5,7H,6,8-11,18H2,1H3;1H. The van der Waals surface area contributed by atoms with Crippen molar-refractivity contribution in [2.24, 2.45) is 11.1 Å². The first kappa shape index (κ1) is 16.1. The number of rotatable bonds is 3. The Hall–Kier alpha value is -1.23. The minimum atomic E-state index is -0.204. The smallest absolute Gasteiger partial charge is 0.132 e. The van der Waals surface area contributed by atoms with Gasteiger partial charge in [-0.15, -0.1) is 12.4 Å². The third-order valence-corrected chi connectivity index (χ3v) is 4.32. The molecule has 1 saturated heterocycles. The summed E-state index contributed by atoms with van der Waals surface area (Å²) < 4.78 is 13.8. The van der Waals surface area contributed by atoms with Crippen molar-refractivity contribution < 1.29 is 4.39 Å². The van der Waals surface area contributed by atoms with Gasteiger partial charge in [0.15, 0.2) is 0 Å². The van der Waals surface area contributed by atoms with Crippen molar-refractivity contribution in [1.29, 1.82) is 0 Å². The molecule has 21 heavy (non-hydrogen) atoms. The Bertz CT molecular complexity index is 634. The summed E-state index contributed by atoms with van der Waals surface area (Å²) >= 11 is 0. The number of nitrogens with zero attached hydrogens (tertiary/aromatic N) is 2. The van der Waals surface area contributed by atoms with Gasteiger partial charge in [0.2, 0.25) is 0 Å². The Balaban J connectivity index is 0.00000161. The van der Waals surface area contributed by atoms with Crippen molar-refractivity contribution >= 4 is 23.3 Å². The maximum absolute atomic E-state index is 13.8. The van der Waals surface area contributed by atoms with E-state index in [2.05, 4.69) is 16.8 Å². The SMILES string of the molecule is CC1(CN)CCN(Cc2ccc(F)c3cccnc23)C1.Cl. The molecule has 0 bridgehead atoms. The predicted octanol–water partition coefficient (Wildman–Crippen LogP) is 2.97. The molecule has 5 heteroatoms. The quantitative estimate of drug-likeness (QED) is 0.948. The van der Waals surface area contributed by atoms with E-state index in [4.69, 9.17) is 5.73 Å². The van der Waals surface area contributed by atoms with E-state index in [0.717, 1.165) is 37.1 Å². The number of likely N-dealkylation sites (tertiary alicyclic amines) is 1. The minimum absolute atomic E-state index is 0. The fourth-order valence-corrected chi connectivity index (χ4v) is 2.99. The van der Waals surface area contributed by atoms with E-state index in [1.165, 1.54) is 6.07 Å². The second-order valence-corrected chi connectivity index (χ2v) is 6.08. The van der Waals surface area contributed by atoms with Crippen LogP contribution in [-0.4, -0.2) is 29.5 Å². The molecule has 2 heterocycles. The van der Waals surface area contributed by atoms with E-state index in [0.29, 0.717) is 11.9 Å². The van der Waals surface area contributed by atoms with Crippen molar-refractivity contribution in [1.82, 2.24) is 9.88 Å². The van der Waals surface area contributed by atoms with Crippen molar-refractivity contribution in [2.75, 3.05) is 19.6 Å². The zero-order valence-electron chi connectivity index (χ0n) is 12.2. The van der Waals surface area contributed by atoms with Gasteiger partial charge in [-0.3, -0.25) is 9.88 Å². The number of hydrogen-bond donors (Lipinski definition) is 1. The minimum Gasteiger partial charge on any atom is -0.330 e. The lowest BCUT2D eigenvalue weighted by molar-refractivity contribution is 0.275. The molecule has 0 amide bonds. The molecule has 2 N–H and O–H groups in total. The molecule has 3 nitrogen and oxygen atoms in total. The van der Waals surface area contributed by atoms with Gasteiger partial charge in [0.05, 0.1) is 5.52 Å². The maximum Gasteiger partial charge on any atom is 0.132 e. The first-order valence-electron chi connectivity index (χ1n) is 7.06. The van der Waals surface area contributed by atoms with Gasteiger partial charge in [0.1, 0.15) is 5.82 Å². The summed E-state index contributed by atoms with van der Waals surface area (Å²) in [6, 6.07) is 6.95. The number of benzene rings is 1. The van der Waals surface area contributed by atoms with Crippen LogP contribution in [-0.2, 0) is 6.54 Å². The normalized spacial score (nSPS) is 22.4. The fourth-order valence-electron chi connectivity index (χ4n) is 2.99. The summed E-state index contributed by atoms with van der Waals surface area (Å²) in [6.45, 7) is 5.79. The average molecular weight is 310 g/mol. The molecule has 1 aliphatic rings. The van der Waals surface area contributed by atoms with Gasteiger partial charge >= 0.3 is 0 Å². The summed E-state index contributed by atoms with van der Waals surface area (Å²) in [5.74, 6) is -0.204. The summed E-state index contributed by atoms with van der Waals surface area (Å²) in [7, 11) is 0. The second kappa shape index (κ2) is 6.26. The summed E-state index contributed by atoms with van der Waals surface area (Å²) in [4.78, 5) is 6.73. The van der Waals surface area contributed by atoms with Crippen LogP contribution in [0.15, 0.2) is 30.5 Å². The molecule has 114 valence electrons. The highest BCUT2D eigenvalue weighted by molar-refractivity contribution is 5.85. The monoisotopic (exact) mass is 309 g/mol. The van der Waals surface area contributed by atoms with Gasteiger partial charge in [-0.2, -0.15) is 0 Å². The zero-order valence-corrected chi connectivity index (χ0v) is 13.0. The molecule has 1 aromatic carbocycles. The van der Waals surface area contributed by atoms with Gasteiger partial charge in [-0.25, -0.2) is 4.39 Å². The molecule has 1 fully saturated rings. The Morgan fingerprint density at radius 3 is 2.90 bits per heavy atom. The Labute approximate surface area is 130 Å². The highest BCUT2D eigenvalue weighted by atomic mass is 35.5. The molecule has 1 aromatic heterocycles. The number of pyridine rings is 1. The Morgan fingerprint density at radius 1 is 1.38 bits per heavy atom. The predicted molar refractivity (Wildman–Crippen MR) is 86.0 cm³/mol. The fraction of sp³-hybridized carbons (Fsp3) is 0.438. The van der Waals surface area contributed by atoms with Crippen LogP contribution in [0.25, 0.3) is 10.9 Å². The van der Waals surface area contributed by atoms with Crippen LogP contribution in [0.4, 0.5) is 4.39 Å². The van der Waals surface area contributed by atoms with Crippen molar-refractivity contribution in [3.8, 4) is 0 Å². The van der Waals surface area contributed by atoms with E-state index in [-0.39, 0.29) is 23.6 Å². The molecule has 1 atom stereocenters. The first-order chi connectivity index (χ1) is 9.61. The number of nitrogens with two attached hydrogens (primary N) is 1. The molecule has 3 rings (SSSR count). The Morgan fingerprint density at radius 2 is 2.19 bits per heavy atom. The van der Waals surface area contributed by atoms with Crippen molar-refractivity contribution in [2.45, 2.75) is 19.9 Å². The van der Waals surface area contributed by atoms with E-state index < -0.39 is 0 Å². The van der Waals surface area contributed by atoms with Gasteiger partial charge in [-0.1, -0.05) is 13.0 Å². The van der Waals surface area contributed by atoms with Crippen LogP contribution in [0.2, 0.25) is 0 Å². The first-order valence-corrected chi connectivity index (χ1v) is 7.06. The van der Waals surface area contributed by atoms with E-state index in [1.54, 1.807) is 18.3 Å². The molecule has 0 aliphatic carbocycles. The number of fused-ring (bicyclic) bond motifs is 1. The maximum atomic E-state index is 13.8. The highest BCUT2D eigenvalue weighted by Gasteiger charge is 2.32. The largest absolute Gasteiger partial charge is 0.330 e. The second-order valence-electron chi connectivity index (χ2n) is 6.08. The molecule has 0 spiro atoms. The molecular formula is C16H21ClFN3. The van der Waals surface area contributed by atoms with Gasteiger partial charge in [0, 0.05) is 24.7 Å². The summed E-state index contributed by atoms with van der Waals surface area (Å²) in [5.41, 5.74) is 7.92. The lowest BCUT2D eigenvalue weighted by Gasteiger charge is -2.22. The molecular weight excluding hydrogens is 289 g/mol. The number of halogens is 2. The van der Waals surface area contributed by atoms with Crippen LogP contribution < -0.4 is 5.73 Å². The topological polar surface area (TPSA) is 42.1 Å². The molecule has 1 unspecified atom stereocenters. The molecule has 1 aliphatic heterocycles. The van der Waals surface area contributed by atoms with Crippen molar-refractivity contribution in [3.05, 3.63) is 41.8 Å². The van der Waals surface area contributed by atoms with Crippen LogP contribution in [0.3, 0.4) is 0 Å². The van der Waals surface area contributed by atoms with Gasteiger partial charge in [0.25, 0.3) is 0 Å². The van der Waals surface area contributed by atoms with Crippen LogP contribution in [0.1, 0.15) is 18.9 Å². The molecule has 0 saturated carbocycles. The van der Waals surface area contributed by atoms with Crippen LogP contribution in [0, 0.1) is 11.2 Å². The summed E-state index contributed by atoms with van der Waals surface area (Å²) in [6.07, 6.45) is 2.84. The number of hydrogen-bond acceptors (Lipinski definition) is 3. The summed E-state index contributed by atoms with van der Waals surface area (Å²) in [5, 5.41) is 0.603. The molecule has 2 aromatic rings. The molecule has 0 radical (unpaired) electrons. The van der Waals surface area contributed by atoms with Crippen LogP contribution in [0.5, 0.6) is 0 Å². The van der Waals surface area contributed by atoms with Crippen LogP contribution >= 0.6 is 12.4 Å². The van der Waals surface area contributed by atoms with Crippen molar-refractivity contribution in [3.63, 3.8) is 0 Å². The van der Waals surface area contributed by atoms with Gasteiger partial charge in [-0.05, 0) is 48.7 Å². The van der Waals surface area contributed by atoms with E-state index >= 15 is 0 Å². The highest BCUT2D eigenvalue weighted by Crippen LogP contribution is 2.30. The van der Waals surface area contributed by atoms with E-state index in [9.17, 15) is 4.39 Å². The lowest BCUT2D eigenvalue weighted by Crippen LogP contribution is -2.31. The third kappa shape index (κ3) is 3.18.